The van der Waals surface area contributed by atoms with Crippen LogP contribution in [0.2, 0.25) is 0 Å². The van der Waals surface area contributed by atoms with Crippen LogP contribution in [-0.4, -0.2) is 43.0 Å². The number of nitrogens with zero attached hydrogens (tertiary/aromatic N) is 1. The fourth-order valence-electron chi connectivity index (χ4n) is 2.91. The van der Waals surface area contributed by atoms with E-state index in [1.54, 1.807) is 0 Å². The average Bonchev–Trinajstić information content (AvgIpc) is 2.49. The second-order valence-electron chi connectivity index (χ2n) is 5.79. The maximum atomic E-state index is 12.6. The first-order chi connectivity index (χ1) is 10.1. The summed E-state index contributed by atoms with van der Waals surface area (Å²) < 4.78 is 0. The molecule has 1 aliphatic heterocycles. The van der Waals surface area contributed by atoms with Crippen LogP contribution in [0, 0.1) is 6.92 Å². The SMILES string of the molecule is CCNc1ccc(C)cc1C(=O)NC1CCCN(CC)C1. The Kier molecular flexibility index (Phi) is 5.62. The lowest BCUT2D eigenvalue weighted by molar-refractivity contribution is 0.0906. The van der Waals surface area contributed by atoms with Crippen molar-refractivity contribution in [2.45, 2.75) is 39.7 Å². The minimum Gasteiger partial charge on any atom is -0.385 e. The van der Waals surface area contributed by atoms with Crippen LogP contribution in [-0.2, 0) is 0 Å². The molecule has 1 heterocycles. The fourth-order valence-corrected chi connectivity index (χ4v) is 2.91. The smallest absolute Gasteiger partial charge is 0.253 e. The third-order valence-corrected chi connectivity index (χ3v) is 4.07. The molecule has 4 heteroatoms. The van der Waals surface area contributed by atoms with Crippen molar-refractivity contribution in [2.75, 3.05) is 31.5 Å². The van der Waals surface area contributed by atoms with E-state index in [1.165, 1.54) is 0 Å². The molecule has 0 radical (unpaired) electrons. The number of nitrogens with one attached hydrogen (secondary N) is 2. The number of piperidine rings is 1. The molecule has 0 spiro atoms. The van der Waals surface area contributed by atoms with E-state index in [1.807, 2.05) is 32.0 Å². The first-order valence-electron chi connectivity index (χ1n) is 8.01. The van der Waals surface area contributed by atoms with Crippen molar-refractivity contribution >= 4 is 11.6 Å². The highest BCUT2D eigenvalue weighted by Gasteiger charge is 2.21. The standard InChI is InChI=1S/C17H27N3O/c1-4-18-16-9-8-13(3)11-15(16)17(21)19-14-7-6-10-20(5-2)12-14/h8-9,11,14,18H,4-7,10,12H2,1-3H3,(H,19,21). The maximum Gasteiger partial charge on any atom is 0.253 e. The normalized spacial score (nSPS) is 19.3. The zero-order valence-corrected chi connectivity index (χ0v) is 13.4. The van der Waals surface area contributed by atoms with Gasteiger partial charge in [-0.2, -0.15) is 0 Å². The predicted octanol–water partition coefficient (Wildman–Crippen LogP) is 2.64. The van der Waals surface area contributed by atoms with E-state index in [2.05, 4.69) is 22.5 Å². The quantitative estimate of drug-likeness (QED) is 0.876. The Labute approximate surface area is 127 Å². The van der Waals surface area contributed by atoms with Crippen molar-refractivity contribution in [1.29, 1.82) is 0 Å². The number of amides is 1. The van der Waals surface area contributed by atoms with Crippen molar-refractivity contribution in [3.8, 4) is 0 Å². The Balaban J connectivity index is 2.07. The van der Waals surface area contributed by atoms with E-state index >= 15 is 0 Å². The Hall–Kier alpha value is -1.55. The van der Waals surface area contributed by atoms with Crippen molar-refractivity contribution in [3.63, 3.8) is 0 Å². The lowest BCUT2D eigenvalue weighted by atomic mass is 10.0. The van der Waals surface area contributed by atoms with Gasteiger partial charge in [0.25, 0.3) is 5.91 Å². The highest BCUT2D eigenvalue weighted by atomic mass is 16.1. The second kappa shape index (κ2) is 7.46. The van der Waals surface area contributed by atoms with Gasteiger partial charge in [-0.15, -0.1) is 0 Å². The lowest BCUT2D eigenvalue weighted by Crippen LogP contribution is -2.47. The third kappa shape index (κ3) is 4.21. The number of aryl methyl sites for hydroxylation is 1. The molecule has 1 aliphatic rings. The Bertz CT molecular complexity index is 487. The largest absolute Gasteiger partial charge is 0.385 e. The van der Waals surface area contributed by atoms with Crippen LogP contribution in [0.15, 0.2) is 18.2 Å². The zero-order chi connectivity index (χ0) is 15.2. The van der Waals surface area contributed by atoms with Gasteiger partial charge in [-0.25, -0.2) is 0 Å². The molecule has 1 unspecified atom stereocenters. The molecule has 1 amide bonds. The van der Waals surface area contributed by atoms with Gasteiger partial charge < -0.3 is 15.5 Å². The molecule has 1 fully saturated rings. The van der Waals surface area contributed by atoms with E-state index in [-0.39, 0.29) is 11.9 Å². The van der Waals surface area contributed by atoms with Crippen LogP contribution in [0.25, 0.3) is 0 Å². The molecule has 21 heavy (non-hydrogen) atoms. The van der Waals surface area contributed by atoms with Crippen LogP contribution >= 0.6 is 0 Å². The lowest BCUT2D eigenvalue weighted by Gasteiger charge is -2.32. The number of benzene rings is 1. The van der Waals surface area contributed by atoms with Gasteiger partial charge in [-0.3, -0.25) is 4.79 Å². The molecular weight excluding hydrogens is 262 g/mol. The fraction of sp³-hybridized carbons (Fsp3) is 0.588. The number of rotatable bonds is 5. The summed E-state index contributed by atoms with van der Waals surface area (Å²) in [4.78, 5) is 15.0. The topological polar surface area (TPSA) is 44.4 Å². The van der Waals surface area contributed by atoms with Crippen molar-refractivity contribution < 1.29 is 4.79 Å². The Morgan fingerprint density at radius 1 is 1.38 bits per heavy atom. The summed E-state index contributed by atoms with van der Waals surface area (Å²) in [5.74, 6) is 0.0394. The number of carbonyl (C=O) groups is 1. The molecular formula is C17H27N3O. The molecule has 0 aromatic heterocycles. The highest BCUT2D eigenvalue weighted by Crippen LogP contribution is 2.18. The molecule has 2 N–H and O–H groups in total. The van der Waals surface area contributed by atoms with Crippen LogP contribution in [0.5, 0.6) is 0 Å². The first kappa shape index (κ1) is 15.8. The summed E-state index contributed by atoms with van der Waals surface area (Å²) in [5.41, 5.74) is 2.79. The number of carbonyl (C=O) groups excluding carboxylic acids is 1. The summed E-state index contributed by atoms with van der Waals surface area (Å²) in [5, 5.41) is 6.48. The first-order valence-corrected chi connectivity index (χ1v) is 8.01. The molecule has 0 bridgehead atoms. The van der Waals surface area contributed by atoms with Gasteiger partial charge >= 0.3 is 0 Å². The van der Waals surface area contributed by atoms with E-state index in [0.29, 0.717) is 0 Å². The number of likely N-dealkylation sites (tertiary alicyclic amines) is 1. The summed E-state index contributed by atoms with van der Waals surface area (Å²) in [6.07, 6.45) is 2.23. The molecule has 1 aromatic rings. The van der Waals surface area contributed by atoms with Gasteiger partial charge in [0, 0.05) is 24.8 Å². The minimum atomic E-state index is 0.0394. The van der Waals surface area contributed by atoms with Gasteiger partial charge in [0.15, 0.2) is 0 Å². The van der Waals surface area contributed by atoms with E-state index in [9.17, 15) is 4.79 Å². The maximum absolute atomic E-state index is 12.6. The van der Waals surface area contributed by atoms with Crippen LogP contribution in [0.3, 0.4) is 0 Å². The van der Waals surface area contributed by atoms with Crippen LogP contribution in [0.1, 0.15) is 42.6 Å². The van der Waals surface area contributed by atoms with Gasteiger partial charge in [-0.05, 0) is 51.9 Å². The number of anilines is 1. The molecule has 1 atom stereocenters. The van der Waals surface area contributed by atoms with E-state index < -0.39 is 0 Å². The van der Waals surface area contributed by atoms with Crippen LogP contribution in [0.4, 0.5) is 5.69 Å². The second-order valence-corrected chi connectivity index (χ2v) is 5.79. The highest BCUT2D eigenvalue weighted by molar-refractivity contribution is 6.00. The Morgan fingerprint density at radius 2 is 2.19 bits per heavy atom. The van der Waals surface area contributed by atoms with Crippen molar-refractivity contribution in [1.82, 2.24) is 10.2 Å². The predicted molar refractivity (Wildman–Crippen MR) is 87.9 cm³/mol. The Morgan fingerprint density at radius 3 is 2.90 bits per heavy atom. The zero-order valence-electron chi connectivity index (χ0n) is 13.4. The van der Waals surface area contributed by atoms with Crippen molar-refractivity contribution in [3.05, 3.63) is 29.3 Å². The molecule has 1 saturated heterocycles. The molecule has 116 valence electrons. The van der Waals surface area contributed by atoms with Gasteiger partial charge in [-0.1, -0.05) is 18.6 Å². The number of hydrogen-bond acceptors (Lipinski definition) is 3. The summed E-state index contributed by atoms with van der Waals surface area (Å²) in [6.45, 7) is 10.2. The minimum absolute atomic E-state index is 0.0394. The number of hydrogen-bond donors (Lipinski definition) is 2. The summed E-state index contributed by atoms with van der Waals surface area (Å²) >= 11 is 0. The van der Waals surface area contributed by atoms with Crippen molar-refractivity contribution in [2.24, 2.45) is 0 Å². The van der Waals surface area contributed by atoms with E-state index in [0.717, 1.165) is 55.8 Å². The summed E-state index contributed by atoms with van der Waals surface area (Å²) in [6, 6.07) is 6.26. The summed E-state index contributed by atoms with van der Waals surface area (Å²) in [7, 11) is 0. The van der Waals surface area contributed by atoms with E-state index in [4.69, 9.17) is 0 Å². The molecule has 0 aliphatic carbocycles. The molecule has 2 rings (SSSR count). The van der Waals surface area contributed by atoms with Gasteiger partial charge in [0.1, 0.15) is 0 Å². The third-order valence-electron chi connectivity index (χ3n) is 4.07. The molecule has 0 saturated carbocycles. The van der Waals surface area contributed by atoms with Crippen LogP contribution < -0.4 is 10.6 Å². The molecule has 1 aromatic carbocycles. The number of likely N-dealkylation sites (N-methyl/N-ethyl adjacent to an activating group) is 1. The molecule has 4 nitrogen and oxygen atoms in total. The van der Waals surface area contributed by atoms with Gasteiger partial charge in [0.2, 0.25) is 0 Å². The monoisotopic (exact) mass is 289 g/mol. The average molecular weight is 289 g/mol. The van der Waals surface area contributed by atoms with Gasteiger partial charge in [0.05, 0.1) is 5.56 Å².